The van der Waals surface area contributed by atoms with Gasteiger partial charge in [-0.1, -0.05) is 23.7 Å². The van der Waals surface area contributed by atoms with Crippen molar-refractivity contribution in [1.29, 1.82) is 0 Å². The molecule has 0 N–H and O–H groups in total. The van der Waals surface area contributed by atoms with Crippen molar-refractivity contribution in [2.24, 2.45) is 0 Å². The molecule has 2 aromatic rings. The maximum Gasteiger partial charge on any atom is 0.226 e. The molecule has 3 rings (SSSR count). The quantitative estimate of drug-likeness (QED) is 0.831. The van der Waals surface area contributed by atoms with Crippen LogP contribution in [0.2, 0.25) is 5.02 Å². The van der Waals surface area contributed by atoms with Gasteiger partial charge in [0.25, 0.3) is 0 Å². The third-order valence-corrected chi connectivity index (χ3v) is 4.60. The van der Waals surface area contributed by atoms with Crippen LogP contribution in [-0.4, -0.2) is 21.1 Å². The molecular formula is C14H15ClN2O4S. The van der Waals surface area contributed by atoms with Crippen LogP contribution in [0.1, 0.15) is 29.8 Å². The SMILES string of the molecule is CCc1nc(C[S@](=O)Cc2cc(Cl)cc3c2OCOC3)no1. The summed E-state index contributed by atoms with van der Waals surface area (Å²) < 4.78 is 28.1. The van der Waals surface area contributed by atoms with Gasteiger partial charge in [0, 0.05) is 33.4 Å². The van der Waals surface area contributed by atoms with Crippen molar-refractivity contribution < 1.29 is 18.2 Å². The number of hydrogen-bond donors (Lipinski definition) is 0. The largest absolute Gasteiger partial charge is 0.467 e. The van der Waals surface area contributed by atoms with Crippen LogP contribution in [0.4, 0.5) is 0 Å². The van der Waals surface area contributed by atoms with E-state index in [9.17, 15) is 4.21 Å². The zero-order valence-corrected chi connectivity index (χ0v) is 13.6. The number of aryl methyl sites for hydroxylation is 1. The first kappa shape index (κ1) is 15.5. The average molecular weight is 343 g/mol. The van der Waals surface area contributed by atoms with Crippen LogP contribution < -0.4 is 4.74 Å². The number of nitrogens with zero attached hydrogens (tertiary/aromatic N) is 2. The summed E-state index contributed by atoms with van der Waals surface area (Å²) in [7, 11) is -1.18. The van der Waals surface area contributed by atoms with Crippen molar-refractivity contribution in [3.05, 3.63) is 40.0 Å². The molecule has 0 fully saturated rings. The fourth-order valence-corrected chi connectivity index (χ4v) is 3.56. The van der Waals surface area contributed by atoms with Crippen LogP contribution in [0, 0.1) is 0 Å². The second-order valence-corrected chi connectivity index (χ2v) is 6.74. The maximum atomic E-state index is 12.3. The van der Waals surface area contributed by atoms with Crippen LogP contribution in [0.15, 0.2) is 16.7 Å². The predicted molar refractivity (Wildman–Crippen MR) is 81.0 cm³/mol. The van der Waals surface area contributed by atoms with E-state index in [1.165, 1.54) is 0 Å². The lowest BCUT2D eigenvalue weighted by Gasteiger charge is -2.20. The Morgan fingerprint density at radius 1 is 1.36 bits per heavy atom. The molecule has 0 radical (unpaired) electrons. The highest BCUT2D eigenvalue weighted by atomic mass is 35.5. The van der Waals surface area contributed by atoms with Crippen molar-refractivity contribution >= 4 is 22.4 Å². The van der Waals surface area contributed by atoms with Gasteiger partial charge in [-0.15, -0.1) is 0 Å². The highest BCUT2D eigenvalue weighted by Gasteiger charge is 2.19. The molecule has 2 heterocycles. The summed E-state index contributed by atoms with van der Waals surface area (Å²) in [5.41, 5.74) is 1.68. The second kappa shape index (κ2) is 6.76. The second-order valence-electron chi connectivity index (χ2n) is 4.85. The Morgan fingerprint density at radius 3 is 3.00 bits per heavy atom. The van der Waals surface area contributed by atoms with Gasteiger partial charge in [0.2, 0.25) is 5.89 Å². The number of benzene rings is 1. The smallest absolute Gasteiger partial charge is 0.226 e. The number of rotatable bonds is 5. The number of fused-ring (bicyclic) bond motifs is 1. The molecule has 1 aliphatic heterocycles. The summed E-state index contributed by atoms with van der Waals surface area (Å²) in [6, 6.07) is 3.58. The molecule has 0 spiro atoms. The summed E-state index contributed by atoms with van der Waals surface area (Å²) in [6.45, 7) is 2.56. The third kappa shape index (κ3) is 3.48. The number of aromatic nitrogens is 2. The van der Waals surface area contributed by atoms with Crippen LogP contribution in [0.3, 0.4) is 0 Å². The van der Waals surface area contributed by atoms with Crippen LogP contribution >= 0.6 is 11.6 Å². The molecule has 0 bridgehead atoms. The van der Waals surface area contributed by atoms with Crippen molar-refractivity contribution in [1.82, 2.24) is 10.1 Å². The molecule has 0 saturated heterocycles. The van der Waals surface area contributed by atoms with Crippen molar-refractivity contribution in [3.8, 4) is 5.75 Å². The highest BCUT2D eigenvalue weighted by molar-refractivity contribution is 7.83. The Labute approximate surface area is 135 Å². The standard InChI is InChI=1S/C14H15ClN2O4S/c1-2-13-16-12(17-21-13)7-22(18)6-10-4-11(15)3-9-5-19-8-20-14(9)10/h3-4H,2,5-8H2,1H3/t22-/m1/s1. The topological polar surface area (TPSA) is 74.5 Å². The molecule has 1 aromatic heterocycles. The Hall–Kier alpha value is -1.44. The minimum atomic E-state index is -1.18. The van der Waals surface area contributed by atoms with Gasteiger partial charge in [0.1, 0.15) is 5.75 Å². The lowest BCUT2D eigenvalue weighted by atomic mass is 10.1. The van der Waals surface area contributed by atoms with E-state index in [0.717, 1.165) is 11.1 Å². The molecule has 1 aliphatic rings. The van der Waals surface area contributed by atoms with Crippen molar-refractivity contribution in [2.75, 3.05) is 6.79 Å². The number of hydrogen-bond acceptors (Lipinski definition) is 6. The lowest BCUT2D eigenvalue weighted by molar-refractivity contribution is -0.0169. The predicted octanol–water partition coefficient (Wildman–Crippen LogP) is 2.60. The molecular weight excluding hydrogens is 328 g/mol. The Balaban J connectivity index is 1.75. The van der Waals surface area contributed by atoms with Crippen LogP contribution in [-0.2, 0) is 40.1 Å². The Morgan fingerprint density at radius 2 is 2.23 bits per heavy atom. The van der Waals surface area contributed by atoms with Gasteiger partial charge in [-0.2, -0.15) is 4.98 Å². The summed E-state index contributed by atoms with van der Waals surface area (Å²) in [5, 5.41) is 4.39. The molecule has 0 saturated carbocycles. The normalized spacial score (nSPS) is 15.2. The highest BCUT2D eigenvalue weighted by Crippen LogP contribution is 2.32. The number of ether oxygens (including phenoxy) is 2. The van der Waals surface area contributed by atoms with E-state index in [0.29, 0.717) is 41.3 Å². The minimum Gasteiger partial charge on any atom is -0.467 e. The zero-order chi connectivity index (χ0) is 15.5. The summed E-state index contributed by atoms with van der Waals surface area (Å²) >= 11 is 6.10. The van der Waals surface area contributed by atoms with E-state index in [-0.39, 0.29) is 12.5 Å². The van der Waals surface area contributed by atoms with Gasteiger partial charge in [0.05, 0.1) is 18.1 Å². The Kier molecular flexibility index (Phi) is 4.75. The summed E-state index contributed by atoms with van der Waals surface area (Å²) in [6.07, 6.45) is 0.662. The summed E-state index contributed by atoms with van der Waals surface area (Å²) in [4.78, 5) is 4.17. The molecule has 22 heavy (non-hydrogen) atoms. The molecule has 6 nitrogen and oxygen atoms in total. The van der Waals surface area contributed by atoms with E-state index in [2.05, 4.69) is 10.1 Å². The van der Waals surface area contributed by atoms with E-state index in [1.807, 2.05) is 6.92 Å². The molecule has 8 heteroatoms. The fraction of sp³-hybridized carbons (Fsp3) is 0.429. The van der Waals surface area contributed by atoms with Gasteiger partial charge >= 0.3 is 0 Å². The van der Waals surface area contributed by atoms with E-state index >= 15 is 0 Å². The molecule has 118 valence electrons. The first-order valence-electron chi connectivity index (χ1n) is 6.84. The van der Waals surface area contributed by atoms with E-state index < -0.39 is 10.8 Å². The van der Waals surface area contributed by atoms with Gasteiger partial charge in [0.15, 0.2) is 12.6 Å². The first-order valence-corrected chi connectivity index (χ1v) is 8.70. The average Bonchev–Trinajstić information content (AvgIpc) is 2.94. The molecule has 0 amide bonds. The number of halogens is 1. The first-order chi connectivity index (χ1) is 10.7. The lowest BCUT2D eigenvalue weighted by Crippen LogP contribution is -2.14. The van der Waals surface area contributed by atoms with Gasteiger partial charge in [-0.05, 0) is 12.1 Å². The maximum absolute atomic E-state index is 12.3. The van der Waals surface area contributed by atoms with E-state index in [1.54, 1.807) is 12.1 Å². The molecule has 0 unspecified atom stereocenters. The third-order valence-electron chi connectivity index (χ3n) is 3.17. The van der Waals surface area contributed by atoms with Crippen LogP contribution in [0.25, 0.3) is 0 Å². The van der Waals surface area contributed by atoms with Crippen LogP contribution in [0.5, 0.6) is 5.75 Å². The summed E-state index contributed by atoms with van der Waals surface area (Å²) in [5.74, 6) is 2.27. The zero-order valence-electron chi connectivity index (χ0n) is 12.0. The molecule has 1 aromatic carbocycles. The van der Waals surface area contributed by atoms with Crippen molar-refractivity contribution in [2.45, 2.75) is 31.5 Å². The van der Waals surface area contributed by atoms with Gasteiger partial charge < -0.3 is 14.0 Å². The van der Waals surface area contributed by atoms with Gasteiger partial charge in [-0.3, -0.25) is 4.21 Å². The van der Waals surface area contributed by atoms with Crippen molar-refractivity contribution in [3.63, 3.8) is 0 Å². The van der Waals surface area contributed by atoms with Gasteiger partial charge in [-0.25, -0.2) is 0 Å². The Bertz CT molecular complexity index is 704. The minimum absolute atomic E-state index is 0.193. The fourth-order valence-electron chi connectivity index (χ4n) is 2.22. The molecule has 1 atom stereocenters. The molecule has 0 aliphatic carbocycles. The van der Waals surface area contributed by atoms with E-state index in [4.69, 9.17) is 25.6 Å². The monoisotopic (exact) mass is 342 g/mol.